The van der Waals surface area contributed by atoms with Crippen molar-refractivity contribution in [1.82, 2.24) is 20.4 Å². The second kappa shape index (κ2) is 8.80. The maximum absolute atomic E-state index is 12.0. The first-order chi connectivity index (χ1) is 12.4. The van der Waals surface area contributed by atoms with Crippen LogP contribution in [0.3, 0.4) is 0 Å². The van der Waals surface area contributed by atoms with Crippen LogP contribution < -0.4 is 10.6 Å². The summed E-state index contributed by atoms with van der Waals surface area (Å²) in [4.78, 5) is 34.8. The third-order valence-corrected chi connectivity index (χ3v) is 3.72. The molecule has 2 rings (SSSR count). The van der Waals surface area contributed by atoms with Crippen molar-refractivity contribution in [2.45, 2.75) is 27.2 Å². The van der Waals surface area contributed by atoms with E-state index in [1.54, 1.807) is 11.6 Å². The first-order valence-corrected chi connectivity index (χ1v) is 8.26. The van der Waals surface area contributed by atoms with Gasteiger partial charge in [-0.3, -0.25) is 14.9 Å². The van der Waals surface area contributed by atoms with Gasteiger partial charge in [-0.25, -0.2) is 9.48 Å². The molecule has 0 saturated carbocycles. The summed E-state index contributed by atoms with van der Waals surface area (Å²) < 4.78 is 6.71. The minimum atomic E-state index is -0.683. The number of urea groups is 1. The number of esters is 1. The van der Waals surface area contributed by atoms with E-state index in [1.165, 1.54) is 0 Å². The lowest BCUT2D eigenvalue weighted by molar-refractivity contribution is -0.147. The molecular formula is C18H22N4O4. The molecule has 0 spiro atoms. The fourth-order valence-corrected chi connectivity index (χ4v) is 2.46. The van der Waals surface area contributed by atoms with E-state index in [9.17, 15) is 14.4 Å². The molecule has 0 bridgehead atoms. The summed E-state index contributed by atoms with van der Waals surface area (Å²) in [5.74, 6) is -1.24. The standard InChI is InChI=1S/C18H22N4O4/c1-4-19-18(25)20-16(23)11-26-17(24)10-15-12(2)21-22(13(15)3)14-8-6-5-7-9-14/h5-9H,4,10-11H2,1-3H3,(H2,19,20,23,25). The third kappa shape index (κ3) is 4.92. The molecule has 0 fully saturated rings. The van der Waals surface area contributed by atoms with Crippen LogP contribution in [0.1, 0.15) is 23.9 Å². The van der Waals surface area contributed by atoms with Crippen LogP contribution in [0.4, 0.5) is 4.79 Å². The van der Waals surface area contributed by atoms with Crippen molar-refractivity contribution in [2.24, 2.45) is 0 Å². The van der Waals surface area contributed by atoms with E-state index in [0.29, 0.717) is 6.54 Å². The van der Waals surface area contributed by atoms with E-state index in [-0.39, 0.29) is 6.42 Å². The SMILES string of the molecule is CCNC(=O)NC(=O)COC(=O)Cc1c(C)nn(-c2ccccc2)c1C. The van der Waals surface area contributed by atoms with Gasteiger partial charge < -0.3 is 10.1 Å². The minimum Gasteiger partial charge on any atom is -0.455 e. The zero-order valence-corrected chi connectivity index (χ0v) is 15.0. The van der Waals surface area contributed by atoms with Gasteiger partial charge in [-0.05, 0) is 32.9 Å². The molecular weight excluding hydrogens is 336 g/mol. The van der Waals surface area contributed by atoms with Crippen molar-refractivity contribution in [2.75, 3.05) is 13.2 Å². The van der Waals surface area contributed by atoms with Gasteiger partial charge in [0.2, 0.25) is 0 Å². The fraction of sp³-hybridized carbons (Fsp3) is 0.333. The smallest absolute Gasteiger partial charge is 0.321 e. The van der Waals surface area contributed by atoms with Gasteiger partial charge in [-0.1, -0.05) is 18.2 Å². The van der Waals surface area contributed by atoms with Crippen molar-refractivity contribution in [1.29, 1.82) is 0 Å². The van der Waals surface area contributed by atoms with E-state index in [2.05, 4.69) is 15.7 Å². The van der Waals surface area contributed by atoms with Crippen molar-refractivity contribution in [3.8, 4) is 5.69 Å². The Hall–Kier alpha value is -3.16. The number of nitrogens with one attached hydrogen (secondary N) is 2. The number of carbonyl (C=O) groups excluding carboxylic acids is 3. The van der Waals surface area contributed by atoms with Crippen molar-refractivity contribution >= 4 is 17.9 Å². The summed E-state index contributed by atoms with van der Waals surface area (Å²) in [5.41, 5.74) is 3.20. The molecule has 1 heterocycles. The highest BCUT2D eigenvalue weighted by Crippen LogP contribution is 2.18. The molecule has 0 atom stereocenters. The molecule has 0 saturated heterocycles. The average Bonchev–Trinajstić information content (AvgIpc) is 2.89. The number of hydrogen-bond acceptors (Lipinski definition) is 5. The summed E-state index contributed by atoms with van der Waals surface area (Å²) >= 11 is 0. The van der Waals surface area contributed by atoms with Crippen LogP contribution in [0.15, 0.2) is 30.3 Å². The average molecular weight is 358 g/mol. The molecule has 0 aliphatic carbocycles. The summed E-state index contributed by atoms with van der Waals surface area (Å²) in [7, 11) is 0. The summed E-state index contributed by atoms with van der Waals surface area (Å²) in [6.07, 6.45) is -0.00105. The van der Waals surface area contributed by atoms with Gasteiger partial charge in [0.1, 0.15) is 0 Å². The molecule has 0 radical (unpaired) electrons. The zero-order valence-electron chi connectivity index (χ0n) is 15.0. The van der Waals surface area contributed by atoms with E-state index < -0.39 is 24.5 Å². The highest BCUT2D eigenvalue weighted by atomic mass is 16.5. The molecule has 8 nitrogen and oxygen atoms in total. The van der Waals surface area contributed by atoms with Gasteiger partial charge in [0.25, 0.3) is 5.91 Å². The Balaban J connectivity index is 1.96. The summed E-state index contributed by atoms with van der Waals surface area (Å²) in [6, 6.07) is 8.96. The highest BCUT2D eigenvalue weighted by molar-refractivity contribution is 5.95. The van der Waals surface area contributed by atoms with E-state index >= 15 is 0 Å². The Morgan fingerprint density at radius 1 is 1.15 bits per heavy atom. The molecule has 0 aliphatic heterocycles. The number of benzene rings is 1. The predicted molar refractivity (Wildman–Crippen MR) is 94.9 cm³/mol. The first kappa shape index (κ1) is 19.2. The van der Waals surface area contributed by atoms with Crippen LogP contribution in [0.5, 0.6) is 0 Å². The van der Waals surface area contributed by atoms with Crippen LogP contribution in [-0.4, -0.2) is 40.8 Å². The number of amides is 3. The van der Waals surface area contributed by atoms with Gasteiger partial charge in [0.05, 0.1) is 17.8 Å². The highest BCUT2D eigenvalue weighted by Gasteiger charge is 2.17. The van der Waals surface area contributed by atoms with Crippen molar-refractivity contribution < 1.29 is 19.1 Å². The number of para-hydroxylation sites is 1. The molecule has 26 heavy (non-hydrogen) atoms. The normalized spacial score (nSPS) is 10.3. The molecule has 1 aromatic heterocycles. The molecule has 138 valence electrons. The number of aryl methyl sites for hydroxylation is 1. The third-order valence-electron chi connectivity index (χ3n) is 3.72. The van der Waals surface area contributed by atoms with E-state index in [1.807, 2.05) is 44.2 Å². The molecule has 2 aromatic rings. The van der Waals surface area contributed by atoms with Gasteiger partial charge in [0, 0.05) is 17.8 Å². The topological polar surface area (TPSA) is 102 Å². The van der Waals surface area contributed by atoms with Crippen LogP contribution in [0.2, 0.25) is 0 Å². The summed E-state index contributed by atoms with van der Waals surface area (Å²) in [5, 5.41) is 8.95. The Bertz CT molecular complexity index is 799. The number of rotatable bonds is 6. The molecule has 3 amide bonds. The van der Waals surface area contributed by atoms with E-state index in [4.69, 9.17) is 4.74 Å². The molecule has 8 heteroatoms. The van der Waals surface area contributed by atoms with Gasteiger partial charge >= 0.3 is 12.0 Å². The lowest BCUT2D eigenvalue weighted by Crippen LogP contribution is -2.41. The van der Waals surface area contributed by atoms with Gasteiger partial charge in [-0.15, -0.1) is 0 Å². The maximum atomic E-state index is 12.0. The Morgan fingerprint density at radius 2 is 1.85 bits per heavy atom. The lowest BCUT2D eigenvalue weighted by atomic mass is 10.1. The second-order valence-corrected chi connectivity index (χ2v) is 5.64. The van der Waals surface area contributed by atoms with Crippen molar-refractivity contribution in [3.05, 3.63) is 47.3 Å². The quantitative estimate of drug-likeness (QED) is 0.761. The van der Waals surface area contributed by atoms with Crippen LogP contribution >= 0.6 is 0 Å². The maximum Gasteiger partial charge on any atom is 0.321 e. The monoisotopic (exact) mass is 358 g/mol. The van der Waals surface area contributed by atoms with Crippen molar-refractivity contribution in [3.63, 3.8) is 0 Å². The first-order valence-electron chi connectivity index (χ1n) is 8.26. The predicted octanol–water partition coefficient (Wildman–Crippen LogP) is 1.42. The number of carbonyl (C=O) groups is 3. The minimum absolute atomic E-state index is 0.00105. The number of ether oxygens (including phenoxy) is 1. The van der Waals surface area contributed by atoms with Crippen LogP contribution in [0, 0.1) is 13.8 Å². The van der Waals surface area contributed by atoms with Crippen LogP contribution in [0.25, 0.3) is 5.69 Å². The Morgan fingerprint density at radius 3 is 2.50 bits per heavy atom. The number of aromatic nitrogens is 2. The Kier molecular flexibility index (Phi) is 6.48. The second-order valence-electron chi connectivity index (χ2n) is 5.64. The molecule has 0 unspecified atom stereocenters. The largest absolute Gasteiger partial charge is 0.455 e. The molecule has 2 N–H and O–H groups in total. The van der Waals surface area contributed by atoms with Gasteiger partial charge in [-0.2, -0.15) is 5.10 Å². The molecule has 1 aromatic carbocycles. The summed E-state index contributed by atoms with van der Waals surface area (Å²) in [6.45, 7) is 5.29. The van der Waals surface area contributed by atoms with E-state index in [0.717, 1.165) is 22.6 Å². The molecule has 0 aliphatic rings. The zero-order chi connectivity index (χ0) is 19.1. The van der Waals surface area contributed by atoms with Crippen LogP contribution in [-0.2, 0) is 20.7 Å². The number of nitrogens with zero attached hydrogens (tertiary/aromatic N) is 2. The van der Waals surface area contributed by atoms with Gasteiger partial charge in [0.15, 0.2) is 6.61 Å². The lowest BCUT2D eigenvalue weighted by Gasteiger charge is -2.07. The number of imide groups is 1. The Labute approximate surface area is 151 Å². The fourth-order valence-electron chi connectivity index (χ4n) is 2.46. The number of hydrogen-bond donors (Lipinski definition) is 2.